The third-order valence-electron chi connectivity index (χ3n) is 2.31. The lowest BCUT2D eigenvalue weighted by atomic mass is 10.2. The molecule has 0 amide bonds. The Labute approximate surface area is 99.9 Å². The number of anilines is 1. The Kier molecular flexibility index (Phi) is 3.97. The van der Waals surface area contributed by atoms with Gasteiger partial charge in [0.2, 0.25) is 0 Å². The summed E-state index contributed by atoms with van der Waals surface area (Å²) in [5.41, 5.74) is 2.34. The third kappa shape index (κ3) is 3.08. The standard InChI is InChI=1S/C13H15NOS/c1-15-10-11-4-6-12(7-5-11)14-9-13-3-2-8-16-13/h2-8,14H,9-10H2,1H3. The molecular weight excluding hydrogens is 218 g/mol. The zero-order chi connectivity index (χ0) is 11.2. The second kappa shape index (κ2) is 5.68. The van der Waals surface area contributed by atoms with Crippen molar-refractivity contribution in [1.82, 2.24) is 0 Å². The number of hydrogen-bond acceptors (Lipinski definition) is 3. The summed E-state index contributed by atoms with van der Waals surface area (Å²) < 4.78 is 5.07. The first-order valence-electron chi connectivity index (χ1n) is 5.22. The van der Waals surface area contributed by atoms with E-state index in [0.717, 1.165) is 12.2 Å². The number of hydrogen-bond donors (Lipinski definition) is 1. The van der Waals surface area contributed by atoms with Gasteiger partial charge in [0.25, 0.3) is 0 Å². The molecule has 1 aromatic carbocycles. The molecular formula is C13H15NOS. The van der Waals surface area contributed by atoms with Crippen molar-refractivity contribution >= 4 is 17.0 Å². The molecule has 0 fully saturated rings. The molecule has 3 heteroatoms. The van der Waals surface area contributed by atoms with E-state index in [0.29, 0.717) is 6.61 Å². The van der Waals surface area contributed by atoms with Gasteiger partial charge in [0, 0.05) is 24.2 Å². The van der Waals surface area contributed by atoms with E-state index in [1.165, 1.54) is 10.4 Å². The van der Waals surface area contributed by atoms with Crippen LogP contribution in [0.3, 0.4) is 0 Å². The fraction of sp³-hybridized carbons (Fsp3) is 0.231. The van der Waals surface area contributed by atoms with Crippen LogP contribution in [-0.2, 0) is 17.9 Å². The molecule has 0 atom stereocenters. The average molecular weight is 233 g/mol. The van der Waals surface area contributed by atoms with Gasteiger partial charge in [-0.3, -0.25) is 0 Å². The van der Waals surface area contributed by atoms with Gasteiger partial charge in [0.1, 0.15) is 0 Å². The van der Waals surface area contributed by atoms with Crippen molar-refractivity contribution in [2.24, 2.45) is 0 Å². The van der Waals surface area contributed by atoms with E-state index >= 15 is 0 Å². The summed E-state index contributed by atoms with van der Waals surface area (Å²) in [5.74, 6) is 0. The summed E-state index contributed by atoms with van der Waals surface area (Å²) in [4.78, 5) is 1.35. The highest BCUT2D eigenvalue weighted by atomic mass is 32.1. The van der Waals surface area contributed by atoms with Crippen molar-refractivity contribution in [1.29, 1.82) is 0 Å². The van der Waals surface area contributed by atoms with E-state index in [2.05, 4.69) is 47.1 Å². The third-order valence-corrected chi connectivity index (χ3v) is 3.19. The Morgan fingerprint density at radius 2 is 2.00 bits per heavy atom. The molecule has 0 aliphatic heterocycles. The number of nitrogens with one attached hydrogen (secondary N) is 1. The molecule has 1 heterocycles. The smallest absolute Gasteiger partial charge is 0.0713 e. The van der Waals surface area contributed by atoms with Gasteiger partial charge in [-0.05, 0) is 29.1 Å². The van der Waals surface area contributed by atoms with Gasteiger partial charge in [-0.1, -0.05) is 18.2 Å². The summed E-state index contributed by atoms with van der Waals surface area (Å²) in [5, 5.41) is 5.48. The normalized spacial score (nSPS) is 10.3. The summed E-state index contributed by atoms with van der Waals surface area (Å²) >= 11 is 1.77. The molecule has 0 spiro atoms. The Bertz CT molecular complexity index is 408. The van der Waals surface area contributed by atoms with Crippen LogP contribution in [0, 0.1) is 0 Å². The lowest BCUT2D eigenvalue weighted by Gasteiger charge is -2.06. The molecule has 0 saturated heterocycles. The molecule has 1 aromatic heterocycles. The van der Waals surface area contributed by atoms with E-state index in [9.17, 15) is 0 Å². The SMILES string of the molecule is COCc1ccc(NCc2cccs2)cc1. The highest BCUT2D eigenvalue weighted by Gasteiger charge is 1.95. The van der Waals surface area contributed by atoms with Gasteiger partial charge in [-0.15, -0.1) is 11.3 Å². The van der Waals surface area contributed by atoms with Crippen LogP contribution in [0.4, 0.5) is 5.69 Å². The summed E-state index contributed by atoms with van der Waals surface area (Å²) in [6, 6.07) is 12.5. The van der Waals surface area contributed by atoms with Crippen LogP contribution in [0.15, 0.2) is 41.8 Å². The predicted molar refractivity (Wildman–Crippen MR) is 68.8 cm³/mol. The van der Waals surface area contributed by atoms with Crippen molar-refractivity contribution < 1.29 is 4.74 Å². The summed E-state index contributed by atoms with van der Waals surface area (Å²) in [7, 11) is 1.71. The maximum atomic E-state index is 5.07. The second-order valence-electron chi connectivity index (χ2n) is 3.56. The Hall–Kier alpha value is -1.32. The predicted octanol–water partition coefficient (Wildman–Crippen LogP) is 3.51. The number of benzene rings is 1. The van der Waals surface area contributed by atoms with E-state index < -0.39 is 0 Å². The van der Waals surface area contributed by atoms with E-state index in [1.54, 1.807) is 18.4 Å². The highest BCUT2D eigenvalue weighted by molar-refractivity contribution is 7.09. The fourth-order valence-corrected chi connectivity index (χ4v) is 2.13. The van der Waals surface area contributed by atoms with Crippen molar-refractivity contribution in [3.8, 4) is 0 Å². The number of rotatable bonds is 5. The van der Waals surface area contributed by atoms with Crippen molar-refractivity contribution in [2.45, 2.75) is 13.2 Å². The monoisotopic (exact) mass is 233 g/mol. The molecule has 16 heavy (non-hydrogen) atoms. The average Bonchev–Trinajstić information content (AvgIpc) is 2.82. The van der Waals surface area contributed by atoms with Crippen LogP contribution in [0.2, 0.25) is 0 Å². The maximum Gasteiger partial charge on any atom is 0.0713 e. The molecule has 0 aliphatic rings. The Morgan fingerprint density at radius 3 is 2.62 bits per heavy atom. The largest absolute Gasteiger partial charge is 0.380 e. The fourth-order valence-electron chi connectivity index (χ4n) is 1.49. The minimum atomic E-state index is 0.672. The lowest BCUT2D eigenvalue weighted by molar-refractivity contribution is 0.185. The number of methoxy groups -OCH3 is 1. The molecule has 0 aliphatic carbocycles. The summed E-state index contributed by atoms with van der Waals surface area (Å²) in [6.45, 7) is 1.56. The zero-order valence-corrected chi connectivity index (χ0v) is 10.1. The van der Waals surface area contributed by atoms with E-state index in [1.807, 2.05) is 0 Å². The molecule has 1 N–H and O–H groups in total. The second-order valence-corrected chi connectivity index (χ2v) is 4.60. The van der Waals surface area contributed by atoms with E-state index in [-0.39, 0.29) is 0 Å². The number of ether oxygens (including phenoxy) is 1. The van der Waals surface area contributed by atoms with Gasteiger partial charge in [-0.25, -0.2) is 0 Å². The molecule has 0 bridgehead atoms. The van der Waals surface area contributed by atoms with Crippen LogP contribution in [-0.4, -0.2) is 7.11 Å². The van der Waals surface area contributed by atoms with Crippen LogP contribution in [0.25, 0.3) is 0 Å². The van der Waals surface area contributed by atoms with Crippen LogP contribution in [0.5, 0.6) is 0 Å². The molecule has 2 rings (SSSR count). The van der Waals surface area contributed by atoms with Crippen LogP contribution >= 0.6 is 11.3 Å². The molecule has 0 saturated carbocycles. The van der Waals surface area contributed by atoms with Crippen molar-refractivity contribution in [2.75, 3.05) is 12.4 Å². The minimum Gasteiger partial charge on any atom is -0.380 e. The van der Waals surface area contributed by atoms with Crippen molar-refractivity contribution in [3.05, 3.63) is 52.2 Å². The van der Waals surface area contributed by atoms with Crippen LogP contribution in [0.1, 0.15) is 10.4 Å². The first kappa shape index (κ1) is 11.2. The quantitative estimate of drug-likeness (QED) is 0.853. The summed E-state index contributed by atoms with van der Waals surface area (Å²) in [6.07, 6.45) is 0. The van der Waals surface area contributed by atoms with Gasteiger partial charge < -0.3 is 10.1 Å². The highest BCUT2D eigenvalue weighted by Crippen LogP contribution is 2.14. The zero-order valence-electron chi connectivity index (χ0n) is 9.27. The molecule has 0 radical (unpaired) electrons. The van der Waals surface area contributed by atoms with E-state index in [4.69, 9.17) is 4.74 Å². The lowest BCUT2D eigenvalue weighted by Crippen LogP contribution is -1.97. The molecule has 2 nitrogen and oxygen atoms in total. The Balaban J connectivity index is 1.90. The first-order valence-corrected chi connectivity index (χ1v) is 6.10. The minimum absolute atomic E-state index is 0.672. The van der Waals surface area contributed by atoms with Gasteiger partial charge in [0.15, 0.2) is 0 Å². The molecule has 2 aromatic rings. The van der Waals surface area contributed by atoms with Crippen LogP contribution < -0.4 is 5.32 Å². The Morgan fingerprint density at radius 1 is 1.19 bits per heavy atom. The van der Waals surface area contributed by atoms with Gasteiger partial charge in [0.05, 0.1) is 6.61 Å². The number of thiophene rings is 1. The van der Waals surface area contributed by atoms with Gasteiger partial charge in [-0.2, -0.15) is 0 Å². The molecule has 84 valence electrons. The van der Waals surface area contributed by atoms with Gasteiger partial charge >= 0.3 is 0 Å². The topological polar surface area (TPSA) is 21.3 Å². The van der Waals surface area contributed by atoms with Crippen molar-refractivity contribution in [3.63, 3.8) is 0 Å². The molecule has 0 unspecified atom stereocenters. The maximum absolute atomic E-state index is 5.07. The first-order chi connectivity index (χ1) is 7.88.